The summed E-state index contributed by atoms with van der Waals surface area (Å²) < 4.78 is 4.94. The first kappa shape index (κ1) is 16.4. The molecule has 1 fully saturated rings. The van der Waals surface area contributed by atoms with Gasteiger partial charge in [0, 0.05) is 24.6 Å². The molecule has 1 aliphatic rings. The van der Waals surface area contributed by atoms with Crippen LogP contribution in [0.2, 0.25) is 0 Å². The number of carboxylic acid groups (broad SMARTS) is 1. The second-order valence-corrected chi connectivity index (χ2v) is 6.33. The second-order valence-electron chi connectivity index (χ2n) is 6.33. The summed E-state index contributed by atoms with van der Waals surface area (Å²) >= 11 is 0. The standard InChI is InChI=1S/C18H19NO5/c1-12-5-4-10-19(12,18(22)23)17(21)9-8-14(20)16-11-13-6-2-3-7-15(13)24-16/h2-3,6-7,11-12H,4-5,8-10H2,1H3/p+1/t12-,19?/m1/s1. The molecule has 2 heterocycles. The van der Waals surface area contributed by atoms with Crippen molar-refractivity contribution in [3.05, 3.63) is 36.1 Å². The SMILES string of the molecule is C[C@@H]1CCC[N+]1(C(=O)O)C(=O)CCC(=O)c1cc2ccccc2o1. The fraction of sp³-hybridized carbons (Fsp3) is 0.389. The van der Waals surface area contributed by atoms with Gasteiger partial charge in [0.05, 0.1) is 13.0 Å². The fourth-order valence-electron chi connectivity index (χ4n) is 3.50. The molecule has 2 aromatic rings. The van der Waals surface area contributed by atoms with Crippen molar-refractivity contribution >= 4 is 28.8 Å². The number of carbonyl (C=O) groups excluding carboxylic acids is 2. The number of hydrogen-bond acceptors (Lipinski definition) is 4. The van der Waals surface area contributed by atoms with Crippen molar-refractivity contribution in [3.63, 3.8) is 0 Å². The van der Waals surface area contributed by atoms with Crippen molar-refractivity contribution in [1.82, 2.24) is 0 Å². The molecule has 2 amide bonds. The van der Waals surface area contributed by atoms with Crippen LogP contribution in [0.15, 0.2) is 34.7 Å². The quantitative estimate of drug-likeness (QED) is 0.684. The van der Waals surface area contributed by atoms with Crippen molar-refractivity contribution < 1.29 is 28.4 Å². The van der Waals surface area contributed by atoms with E-state index in [1.165, 1.54) is 0 Å². The van der Waals surface area contributed by atoms with E-state index in [0.717, 1.165) is 5.39 Å². The number of furan rings is 1. The lowest BCUT2D eigenvalue weighted by atomic mass is 10.1. The lowest BCUT2D eigenvalue weighted by Crippen LogP contribution is -2.58. The number of Topliss-reactive ketones (excluding diaryl/α,β-unsaturated/α-hetero) is 1. The van der Waals surface area contributed by atoms with Crippen LogP contribution in [-0.2, 0) is 4.79 Å². The van der Waals surface area contributed by atoms with Gasteiger partial charge >= 0.3 is 12.0 Å². The van der Waals surface area contributed by atoms with Gasteiger partial charge in [0.2, 0.25) is 0 Å². The third kappa shape index (κ3) is 2.63. The summed E-state index contributed by atoms with van der Waals surface area (Å²) in [5.74, 6) is -0.479. The summed E-state index contributed by atoms with van der Waals surface area (Å²) in [7, 11) is 0. The molecule has 0 spiro atoms. The summed E-state index contributed by atoms with van der Waals surface area (Å²) in [6.45, 7) is 2.08. The Morgan fingerprint density at radius 1 is 1.25 bits per heavy atom. The number of ketones is 1. The summed E-state index contributed by atoms with van der Waals surface area (Å²) in [5, 5.41) is 10.4. The molecule has 0 saturated carbocycles. The van der Waals surface area contributed by atoms with Crippen LogP contribution >= 0.6 is 0 Å². The zero-order valence-electron chi connectivity index (χ0n) is 13.5. The number of benzene rings is 1. The highest BCUT2D eigenvalue weighted by molar-refractivity contribution is 5.99. The van der Waals surface area contributed by atoms with Crippen LogP contribution in [0, 0.1) is 0 Å². The maximum atomic E-state index is 12.5. The van der Waals surface area contributed by atoms with Gasteiger partial charge in [0.25, 0.3) is 0 Å². The highest BCUT2D eigenvalue weighted by atomic mass is 16.4. The van der Waals surface area contributed by atoms with Crippen LogP contribution in [0.25, 0.3) is 11.0 Å². The minimum absolute atomic E-state index is 0.0430. The van der Waals surface area contributed by atoms with Gasteiger partial charge in [-0.3, -0.25) is 4.79 Å². The van der Waals surface area contributed by atoms with E-state index in [1.807, 2.05) is 18.2 Å². The number of nitrogens with zero attached hydrogens (tertiary/aromatic N) is 1. The minimum Gasteiger partial charge on any atom is -0.453 e. The molecule has 1 N–H and O–H groups in total. The largest absolute Gasteiger partial charge is 0.521 e. The summed E-state index contributed by atoms with van der Waals surface area (Å²) in [5.41, 5.74) is 0.620. The first-order valence-corrected chi connectivity index (χ1v) is 8.11. The van der Waals surface area contributed by atoms with E-state index in [4.69, 9.17) is 4.42 Å². The first-order chi connectivity index (χ1) is 11.4. The summed E-state index contributed by atoms with van der Waals surface area (Å²) in [6, 6.07) is 8.69. The lowest BCUT2D eigenvalue weighted by molar-refractivity contribution is -0.792. The Kier molecular flexibility index (Phi) is 4.24. The number of para-hydroxylation sites is 1. The van der Waals surface area contributed by atoms with Crippen LogP contribution in [-0.4, -0.2) is 40.0 Å². The summed E-state index contributed by atoms with van der Waals surface area (Å²) in [4.78, 5) is 36.5. The maximum Gasteiger partial charge on any atom is 0.521 e. The van der Waals surface area contributed by atoms with Crippen LogP contribution in [0.5, 0.6) is 0 Å². The van der Waals surface area contributed by atoms with Gasteiger partial charge in [0.15, 0.2) is 11.5 Å². The zero-order chi connectivity index (χ0) is 17.3. The molecule has 126 valence electrons. The molecule has 1 aromatic heterocycles. The smallest absolute Gasteiger partial charge is 0.453 e. The number of hydrogen-bond donors (Lipinski definition) is 1. The van der Waals surface area contributed by atoms with Gasteiger partial charge < -0.3 is 9.52 Å². The normalized spacial score (nSPS) is 23.5. The van der Waals surface area contributed by atoms with Crippen molar-refractivity contribution in [3.8, 4) is 0 Å². The average Bonchev–Trinajstić information content (AvgIpc) is 3.16. The Balaban J connectivity index is 1.71. The Morgan fingerprint density at radius 2 is 2.00 bits per heavy atom. The van der Waals surface area contributed by atoms with Crippen LogP contribution in [0.3, 0.4) is 0 Å². The van der Waals surface area contributed by atoms with Gasteiger partial charge in [-0.15, -0.1) is 0 Å². The number of likely N-dealkylation sites (tertiary alicyclic amines) is 1. The van der Waals surface area contributed by atoms with Gasteiger partial charge in [0.1, 0.15) is 11.6 Å². The fourth-order valence-corrected chi connectivity index (χ4v) is 3.50. The predicted octanol–water partition coefficient (Wildman–Crippen LogP) is 3.60. The summed E-state index contributed by atoms with van der Waals surface area (Å²) in [6.07, 6.45) is 0.151. The predicted molar refractivity (Wildman–Crippen MR) is 86.6 cm³/mol. The number of quaternary nitrogens is 1. The molecule has 1 unspecified atom stereocenters. The molecule has 6 heteroatoms. The molecule has 1 aromatic carbocycles. The van der Waals surface area contributed by atoms with Gasteiger partial charge in [-0.05, 0) is 19.1 Å². The van der Waals surface area contributed by atoms with Gasteiger partial charge in [-0.2, -0.15) is 9.28 Å². The highest BCUT2D eigenvalue weighted by Crippen LogP contribution is 2.29. The molecule has 3 rings (SSSR count). The number of rotatable bonds is 4. The van der Waals surface area contributed by atoms with Crippen molar-refractivity contribution in [2.24, 2.45) is 0 Å². The average molecular weight is 330 g/mol. The van der Waals surface area contributed by atoms with E-state index in [0.29, 0.717) is 25.0 Å². The molecule has 6 nitrogen and oxygen atoms in total. The molecular formula is C18H20NO5+. The molecule has 0 bridgehead atoms. The Bertz CT molecular complexity index is 776. The monoisotopic (exact) mass is 330 g/mol. The highest BCUT2D eigenvalue weighted by Gasteiger charge is 2.52. The van der Waals surface area contributed by atoms with E-state index in [9.17, 15) is 19.5 Å². The van der Waals surface area contributed by atoms with E-state index >= 15 is 0 Å². The zero-order valence-corrected chi connectivity index (χ0v) is 13.5. The van der Waals surface area contributed by atoms with E-state index in [1.54, 1.807) is 19.1 Å². The van der Waals surface area contributed by atoms with E-state index in [2.05, 4.69) is 0 Å². The topological polar surface area (TPSA) is 84.6 Å². The van der Waals surface area contributed by atoms with E-state index in [-0.39, 0.29) is 30.4 Å². The molecule has 1 saturated heterocycles. The Morgan fingerprint density at radius 3 is 2.62 bits per heavy atom. The molecule has 0 radical (unpaired) electrons. The third-order valence-corrected chi connectivity index (χ3v) is 4.94. The molecule has 1 aliphatic heterocycles. The maximum absolute atomic E-state index is 12.5. The number of fused-ring (bicyclic) bond motifs is 1. The first-order valence-electron chi connectivity index (χ1n) is 8.11. The molecule has 0 aliphatic carbocycles. The number of imide groups is 1. The van der Waals surface area contributed by atoms with Gasteiger partial charge in [-0.25, -0.2) is 4.79 Å². The molecular weight excluding hydrogens is 310 g/mol. The van der Waals surface area contributed by atoms with Crippen LogP contribution in [0.4, 0.5) is 4.79 Å². The molecule has 24 heavy (non-hydrogen) atoms. The number of amides is 2. The van der Waals surface area contributed by atoms with Crippen LogP contribution < -0.4 is 0 Å². The van der Waals surface area contributed by atoms with Crippen molar-refractivity contribution in [2.75, 3.05) is 6.54 Å². The molecule has 2 atom stereocenters. The van der Waals surface area contributed by atoms with Crippen molar-refractivity contribution in [1.29, 1.82) is 0 Å². The van der Waals surface area contributed by atoms with E-state index < -0.39 is 16.5 Å². The lowest BCUT2D eigenvalue weighted by Gasteiger charge is -2.29. The van der Waals surface area contributed by atoms with Crippen LogP contribution in [0.1, 0.15) is 43.2 Å². The Labute approximate surface area is 139 Å². The third-order valence-electron chi connectivity index (χ3n) is 4.94. The number of carbonyl (C=O) groups is 3. The second kappa shape index (κ2) is 6.20. The van der Waals surface area contributed by atoms with Crippen molar-refractivity contribution in [2.45, 2.75) is 38.6 Å². The Hall–Kier alpha value is -2.47. The van der Waals surface area contributed by atoms with Gasteiger partial charge in [-0.1, -0.05) is 18.2 Å². The minimum atomic E-state index is -1.12.